The minimum atomic E-state index is -0.0362. The van der Waals surface area contributed by atoms with Crippen molar-refractivity contribution in [1.82, 2.24) is 4.90 Å². The number of hydrogen-bond donors (Lipinski definition) is 0. The number of benzene rings is 1. The predicted octanol–water partition coefficient (Wildman–Crippen LogP) is 2.49. The highest BCUT2D eigenvalue weighted by Gasteiger charge is 2.13. The highest BCUT2D eigenvalue weighted by atomic mass is 16.5. The van der Waals surface area contributed by atoms with Crippen LogP contribution in [0.3, 0.4) is 0 Å². The normalized spacial score (nSPS) is 9.76. The van der Waals surface area contributed by atoms with E-state index in [1.807, 2.05) is 44.2 Å². The number of hydrogen-bond acceptors (Lipinski definition) is 2. The maximum absolute atomic E-state index is 11.9. The molecule has 1 aromatic rings. The van der Waals surface area contributed by atoms with Gasteiger partial charge in [-0.15, -0.1) is 0 Å². The summed E-state index contributed by atoms with van der Waals surface area (Å²) in [6.45, 7) is 9.30. The molecule has 1 amide bonds. The van der Waals surface area contributed by atoms with E-state index in [0.717, 1.165) is 5.75 Å². The van der Waals surface area contributed by atoms with Gasteiger partial charge in [0.2, 0.25) is 0 Å². The van der Waals surface area contributed by atoms with Gasteiger partial charge in [-0.3, -0.25) is 4.79 Å². The number of amides is 1. The molecule has 0 atom stereocenters. The maximum atomic E-state index is 11.9. The van der Waals surface area contributed by atoms with Crippen molar-refractivity contribution in [2.45, 2.75) is 13.8 Å². The van der Waals surface area contributed by atoms with Gasteiger partial charge in [0.15, 0.2) is 0 Å². The molecule has 0 N–H and O–H groups in total. The van der Waals surface area contributed by atoms with Crippen molar-refractivity contribution in [3.05, 3.63) is 42.5 Å². The smallest absolute Gasteiger partial charge is 0.252 e. The largest absolute Gasteiger partial charge is 0.489 e. The Labute approximate surface area is 103 Å². The molecule has 1 aromatic carbocycles. The topological polar surface area (TPSA) is 29.5 Å². The van der Waals surface area contributed by atoms with E-state index < -0.39 is 0 Å². The van der Waals surface area contributed by atoms with Crippen LogP contribution in [0.25, 0.3) is 0 Å². The average Bonchev–Trinajstić information content (AvgIpc) is 2.38. The van der Waals surface area contributed by atoms with Crippen LogP contribution in [0.1, 0.15) is 13.8 Å². The van der Waals surface area contributed by atoms with Gasteiger partial charge < -0.3 is 9.64 Å². The van der Waals surface area contributed by atoms with Gasteiger partial charge in [-0.05, 0) is 26.0 Å². The Morgan fingerprint density at radius 2 is 1.82 bits per heavy atom. The molecule has 92 valence electrons. The van der Waals surface area contributed by atoms with Crippen LogP contribution in [-0.2, 0) is 4.79 Å². The maximum Gasteiger partial charge on any atom is 0.252 e. The van der Waals surface area contributed by atoms with Gasteiger partial charge in [-0.2, -0.15) is 0 Å². The summed E-state index contributed by atoms with van der Waals surface area (Å²) in [5.41, 5.74) is 0.484. The summed E-state index contributed by atoms with van der Waals surface area (Å²) in [6.07, 6.45) is 0. The summed E-state index contributed by atoms with van der Waals surface area (Å²) in [6, 6.07) is 9.42. The van der Waals surface area contributed by atoms with E-state index >= 15 is 0 Å². The van der Waals surface area contributed by atoms with Gasteiger partial charge in [0.1, 0.15) is 12.4 Å². The number of para-hydroxylation sites is 1. The molecular weight excluding hydrogens is 214 g/mol. The average molecular weight is 233 g/mol. The van der Waals surface area contributed by atoms with Crippen LogP contribution in [0, 0.1) is 0 Å². The van der Waals surface area contributed by atoms with Gasteiger partial charge in [-0.1, -0.05) is 24.8 Å². The molecule has 0 bridgehead atoms. The second kappa shape index (κ2) is 6.74. The lowest BCUT2D eigenvalue weighted by Crippen LogP contribution is -2.32. The highest BCUT2D eigenvalue weighted by Crippen LogP contribution is 2.10. The lowest BCUT2D eigenvalue weighted by molar-refractivity contribution is -0.127. The Morgan fingerprint density at radius 1 is 1.24 bits per heavy atom. The first-order valence-corrected chi connectivity index (χ1v) is 5.83. The number of carbonyl (C=O) groups excluding carboxylic acids is 1. The van der Waals surface area contributed by atoms with Crippen LogP contribution in [0.5, 0.6) is 5.75 Å². The van der Waals surface area contributed by atoms with Gasteiger partial charge in [-0.25, -0.2) is 0 Å². The van der Waals surface area contributed by atoms with Gasteiger partial charge >= 0.3 is 0 Å². The monoisotopic (exact) mass is 233 g/mol. The fourth-order valence-corrected chi connectivity index (χ4v) is 1.48. The van der Waals surface area contributed by atoms with Crippen LogP contribution in [0.15, 0.2) is 42.5 Å². The third-order valence-electron chi connectivity index (χ3n) is 2.51. The molecule has 0 spiro atoms. The molecule has 0 aromatic heterocycles. The van der Waals surface area contributed by atoms with E-state index in [0.29, 0.717) is 18.7 Å². The van der Waals surface area contributed by atoms with Crippen molar-refractivity contribution >= 4 is 5.91 Å². The molecule has 0 unspecified atom stereocenters. The number of ether oxygens (including phenoxy) is 1. The molecule has 17 heavy (non-hydrogen) atoms. The molecule has 0 aliphatic heterocycles. The Kier molecular flexibility index (Phi) is 5.27. The molecule has 0 heterocycles. The second-order valence-electron chi connectivity index (χ2n) is 3.68. The van der Waals surface area contributed by atoms with E-state index in [-0.39, 0.29) is 12.5 Å². The SMILES string of the molecule is C=C(COc1ccccc1)C(=O)N(CC)CC. The minimum Gasteiger partial charge on any atom is -0.489 e. The van der Waals surface area contributed by atoms with Crippen molar-refractivity contribution < 1.29 is 9.53 Å². The quantitative estimate of drug-likeness (QED) is 0.706. The van der Waals surface area contributed by atoms with Crippen molar-refractivity contribution in [2.75, 3.05) is 19.7 Å². The first-order valence-electron chi connectivity index (χ1n) is 5.83. The fourth-order valence-electron chi connectivity index (χ4n) is 1.48. The Balaban J connectivity index is 2.47. The van der Waals surface area contributed by atoms with Crippen molar-refractivity contribution in [2.24, 2.45) is 0 Å². The first-order chi connectivity index (χ1) is 8.19. The Morgan fingerprint density at radius 3 is 2.35 bits per heavy atom. The molecule has 0 aliphatic rings. The van der Waals surface area contributed by atoms with Crippen LogP contribution < -0.4 is 4.74 Å². The standard InChI is InChI=1S/C14H19NO2/c1-4-15(5-2)14(16)12(3)11-17-13-9-7-6-8-10-13/h6-10H,3-5,11H2,1-2H3. The molecular formula is C14H19NO2. The molecule has 3 heteroatoms. The molecule has 0 saturated heterocycles. The van der Waals surface area contributed by atoms with Crippen molar-refractivity contribution in [3.63, 3.8) is 0 Å². The molecule has 0 aliphatic carbocycles. The minimum absolute atomic E-state index is 0.0362. The van der Waals surface area contributed by atoms with Gasteiger partial charge in [0.05, 0.1) is 0 Å². The number of rotatable bonds is 6. The third-order valence-corrected chi connectivity index (χ3v) is 2.51. The number of carbonyl (C=O) groups is 1. The van der Waals surface area contributed by atoms with E-state index in [1.54, 1.807) is 4.90 Å². The summed E-state index contributed by atoms with van der Waals surface area (Å²) in [4.78, 5) is 13.6. The highest BCUT2D eigenvalue weighted by molar-refractivity contribution is 5.93. The zero-order chi connectivity index (χ0) is 12.7. The molecule has 0 saturated carbocycles. The Bertz CT molecular complexity index is 369. The second-order valence-corrected chi connectivity index (χ2v) is 3.68. The van der Waals surface area contributed by atoms with Gasteiger partial charge in [0, 0.05) is 18.7 Å². The Hall–Kier alpha value is -1.77. The summed E-state index contributed by atoms with van der Waals surface area (Å²) in [5, 5.41) is 0. The number of nitrogens with zero attached hydrogens (tertiary/aromatic N) is 1. The molecule has 0 radical (unpaired) electrons. The van der Waals surface area contributed by atoms with Crippen LogP contribution >= 0.6 is 0 Å². The van der Waals surface area contributed by atoms with Crippen LogP contribution in [-0.4, -0.2) is 30.5 Å². The zero-order valence-corrected chi connectivity index (χ0v) is 10.5. The summed E-state index contributed by atoms with van der Waals surface area (Å²) >= 11 is 0. The van der Waals surface area contributed by atoms with Gasteiger partial charge in [0.25, 0.3) is 5.91 Å². The lowest BCUT2D eigenvalue weighted by Gasteiger charge is -2.19. The fraction of sp³-hybridized carbons (Fsp3) is 0.357. The van der Waals surface area contributed by atoms with E-state index in [2.05, 4.69) is 6.58 Å². The summed E-state index contributed by atoms with van der Waals surface area (Å²) < 4.78 is 5.48. The first kappa shape index (κ1) is 13.3. The van der Waals surface area contributed by atoms with Crippen molar-refractivity contribution in [1.29, 1.82) is 0 Å². The summed E-state index contributed by atoms with van der Waals surface area (Å²) in [7, 11) is 0. The molecule has 0 fully saturated rings. The predicted molar refractivity (Wildman–Crippen MR) is 69.0 cm³/mol. The van der Waals surface area contributed by atoms with Crippen LogP contribution in [0.4, 0.5) is 0 Å². The third kappa shape index (κ3) is 3.94. The van der Waals surface area contributed by atoms with E-state index in [1.165, 1.54) is 0 Å². The lowest BCUT2D eigenvalue weighted by atomic mass is 10.2. The van der Waals surface area contributed by atoms with Crippen LogP contribution in [0.2, 0.25) is 0 Å². The zero-order valence-electron chi connectivity index (χ0n) is 10.5. The number of likely N-dealkylation sites (N-methyl/N-ethyl adjacent to an activating group) is 1. The van der Waals surface area contributed by atoms with E-state index in [9.17, 15) is 4.79 Å². The molecule has 3 nitrogen and oxygen atoms in total. The van der Waals surface area contributed by atoms with E-state index in [4.69, 9.17) is 4.74 Å². The molecule has 1 rings (SSSR count). The van der Waals surface area contributed by atoms with Crippen molar-refractivity contribution in [3.8, 4) is 5.75 Å². The summed E-state index contributed by atoms with van der Waals surface area (Å²) in [5.74, 6) is 0.715.